The van der Waals surface area contributed by atoms with Crippen molar-refractivity contribution < 1.29 is 19.2 Å². The first-order chi connectivity index (χ1) is 13.0. The van der Waals surface area contributed by atoms with Crippen molar-refractivity contribution in [3.05, 3.63) is 70.3 Å². The van der Waals surface area contributed by atoms with E-state index in [1.54, 1.807) is 4.90 Å². The second-order valence-electron chi connectivity index (χ2n) is 6.16. The van der Waals surface area contributed by atoms with Crippen LogP contribution in [0.3, 0.4) is 0 Å². The number of carbonyl (C=O) groups is 2. The van der Waals surface area contributed by atoms with E-state index in [-0.39, 0.29) is 23.9 Å². The van der Waals surface area contributed by atoms with Crippen molar-refractivity contribution in [3.63, 3.8) is 0 Å². The van der Waals surface area contributed by atoms with Gasteiger partial charge in [-0.25, -0.2) is 0 Å². The molecule has 27 heavy (non-hydrogen) atoms. The van der Waals surface area contributed by atoms with Crippen molar-refractivity contribution in [1.29, 1.82) is 0 Å². The molecule has 0 spiro atoms. The maximum Gasteiger partial charge on any atom is 0.269 e. The van der Waals surface area contributed by atoms with Gasteiger partial charge in [0.1, 0.15) is 6.10 Å². The first kappa shape index (κ1) is 18.5. The molecule has 1 fully saturated rings. The fourth-order valence-electron chi connectivity index (χ4n) is 2.84. The van der Waals surface area contributed by atoms with Crippen LogP contribution in [0.1, 0.15) is 12.0 Å². The summed E-state index contributed by atoms with van der Waals surface area (Å²) in [6.45, 7) is 1.33. The molecule has 1 heterocycles. The number of anilines is 1. The van der Waals surface area contributed by atoms with Crippen LogP contribution in [0.15, 0.2) is 54.6 Å². The molecular formula is C19H19N3O5. The minimum Gasteiger partial charge on any atom is -0.366 e. The van der Waals surface area contributed by atoms with Gasteiger partial charge in [-0.2, -0.15) is 0 Å². The van der Waals surface area contributed by atoms with Gasteiger partial charge in [0.15, 0.2) is 0 Å². The number of rotatable bonds is 6. The van der Waals surface area contributed by atoms with Crippen LogP contribution in [0.4, 0.5) is 11.4 Å². The molecule has 2 amide bonds. The average molecular weight is 369 g/mol. The number of hydrogen-bond acceptors (Lipinski definition) is 5. The smallest absolute Gasteiger partial charge is 0.269 e. The van der Waals surface area contributed by atoms with Gasteiger partial charge >= 0.3 is 0 Å². The highest BCUT2D eigenvalue weighted by atomic mass is 16.6. The SMILES string of the molecule is O=C(C[C@H]1OCCN(Cc2ccccc2)C1=O)Nc1ccc([N+](=O)[O-])cc1. The molecule has 0 aliphatic carbocycles. The Morgan fingerprint density at radius 2 is 1.89 bits per heavy atom. The number of non-ortho nitro benzene ring substituents is 1. The number of nitro benzene ring substituents is 1. The highest BCUT2D eigenvalue weighted by Crippen LogP contribution is 2.18. The van der Waals surface area contributed by atoms with Crippen LogP contribution in [0, 0.1) is 10.1 Å². The lowest BCUT2D eigenvalue weighted by atomic mass is 10.1. The number of morpholine rings is 1. The van der Waals surface area contributed by atoms with Gasteiger partial charge in [0.05, 0.1) is 18.0 Å². The second-order valence-corrected chi connectivity index (χ2v) is 6.16. The van der Waals surface area contributed by atoms with Gasteiger partial charge in [-0.3, -0.25) is 19.7 Å². The summed E-state index contributed by atoms with van der Waals surface area (Å²) in [7, 11) is 0. The molecule has 140 valence electrons. The van der Waals surface area contributed by atoms with Crippen LogP contribution < -0.4 is 5.32 Å². The highest BCUT2D eigenvalue weighted by molar-refractivity contribution is 5.95. The molecule has 8 nitrogen and oxygen atoms in total. The van der Waals surface area contributed by atoms with E-state index in [0.717, 1.165) is 5.56 Å². The Morgan fingerprint density at radius 3 is 2.56 bits per heavy atom. The largest absolute Gasteiger partial charge is 0.366 e. The number of amides is 2. The Balaban J connectivity index is 1.56. The zero-order chi connectivity index (χ0) is 19.2. The fraction of sp³-hybridized carbons (Fsp3) is 0.263. The molecular weight excluding hydrogens is 350 g/mol. The number of carbonyl (C=O) groups excluding carboxylic acids is 2. The maximum absolute atomic E-state index is 12.6. The first-order valence-corrected chi connectivity index (χ1v) is 8.51. The summed E-state index contributed by atoms with van der Waals surface area (Å²) in [6.07, 6.45) is -0.943. The third kappa shape index (κ3) is 4.89. The van der Waals surface area contributed by atoms with Crippen LogP contribution in [0.5, 0.6) is 0 Å². The molecule has 0 radical (unpaired) electrons. The molecule has 3 rings (SSSR count). The van der Waals surface area contributed by atoms with Crippen LogP contribution in [0.25, 0.3) is 0 Å². The van der Waals surface area contributed by atoms with Crippen LogP contribution in [-0.4, -0.2) is 40.9 Å². The first-order valence-electron chi connectivity index (χ1n) is 8.51. The third-order valence-corrected chi connectivity index (χ3v) is 4.22. The van der Waals surface area contributed by atoms with E-state index in [2.05, 4.69) is 5.32 Å². The van der Waals surface area contributed by atoms with E-state index in [1.807, 2.05) is 30.3 Å². The summed E-state index contributed by atoms with van der Waals surface area (Å²) in [4.78, 5) is 36.6. The normalized spacial score (nSPS) is 16.8. The van der Waals surface area contributed by atoms with Gasteiger partial charge in [-0.05, 0) is 17.7 Å². The maximum atomic E-state index is 12.6. The average Bonchev–Trinajstić information content (AvgIpc) is 2.66. The summed E-state index contributed by atoms with van der Waals surface area (Å²) in [6, 6.07) is 15.1. The molecule has 0 bridgehead atoms. The van der Waals surface area contributed by atoms with Gasteiger partial charge in [0.25, 0.3) is 11.6 Å². The van der Waals surface area contributed by atoms with Gasteiger partial charge in [-0.15, -0.1) is 0 Å². The number of hydrogen-bond donors (Lipinski definition) is 1. The van der Waals surface area contributed by atoms with E-state index < -0.39 is 11.0 Å². The monoisotopic (exact) mass is 369 g/mol. The summed E-state index contributed by atoms with van der Waals surface area (Å²) in [5.41, 5.74) is 1.38. The van der Waals surface area contributed by atoms with E-state index >= 15 is 0 Å². The van der Waals surface area contributed by atoms with Crippen LogP contribution in [-0.2, 0) is 20.9 Å². The van der Waals surface area contributed by atoms with Gasteiger partial charge in [0, 0.05) is 30.9 Å². The molecule has 1 atom stereocenters. The van der Waals surface area contributed by atoms with Crippen LogP contribution >= 0.6 is 0 Å². The summed E-state index contributed by atoms with van der Waals surface area (Å²) in [5.74, 6) is -0.604. The summed E-state index contributed by atoms with van der Waals surface area (Å²) >= 11 is 0. The number of ether oxygens (including phenoxy) is 1. The van der Waals surface area contributed by atoms with Crippen molar-refractivity contribution >= 4 is 23.2 Å². The van der Waals surface area contributed by atoms with Gasteiger partial charge < -0.3 is 15.0 Å². The number of benzene rings is 2. The van der Waals surface area contributed by atoms with Crippen LogP contribution in [0.2, 0.25) is 0 Å². The quantitative estimate of drug-likeness (QED) is 0.622. The molecule has 0 aromatic heterocycles. The minimum atomic E-state index is -0.833. The molecule has 1 N–H and O–H groups in total. The minimum absolute atomic E-state index is 0.0599. The third-order valence-electron chi connectivity index (χ3n) is 4.22. The molecule has 2 aromatic carbocycles. The zero-order valence-electron chi connectivity index (χ0n) is 14.5. The van der Waals surface area contributed by atoms with Crippen molar-refractivity contribution in [2.75, 3.05) is 18.5 Å². The number of nitrogens with zero attached hydrogens (tertiary/aromatic N) is 2. The second kappa shape index (κ2) is 8.41. The lowest BCUT2D eigenvalue weighted by Gasteiger charge is -2.32. The lowest BCUT2D eigenvalue weighted by Crippen LogP contribution is -2.48. The number of nitro groups is 1. The summed E-state index contributed by atoms with van der Waals surface area (Å²) < 4.78 is 5.48. The highest BCUT2D eigenvalue weighted by Gasteiger charge is 2.31. The molecule has 1 aliphatic heterocycles. The fourth-order valence-corrected chi connectivity index (χ4v) is 2.84. The topological polar surface area (TPSA) is 102 Å². The van der Waals surface area contributed by atoms with Crippen molar-refractivity contribution in [2.45, 2.75) is 19.1 Å². The lowest BCUT2D eigenvalue weighted by molar-refractivity contribution is -0.384. The van der Waals surface area contributed by atoms with Crippen molar-refractivity contribution in [3.8, 4) is 0 Å². The molecule has 0 saturated carbocycles. The molecule has 8 heteroatoms. The Kier molecular flexibility index (Phi) is 5.77. The predicted molar refractivity (Wildman–Crippen MR) is 97.9 cm³/mol. The Bertz CT molecular complexity index is 823. The zero-order valence-corrected chi connectivity index (χ0v) is 14.5. The van der Waals surface area contributed by atoms with Gasteiger partial charge in [-0.1, -0.05) is 30.3 Å². The molecule has 1 aliphatic rings. The van der Waals surface area contributed by atoms with Crippen molar-refractivity contribution in [2.24, 2.45) is 0 Å². The Morgan fingerprint density at radius 1 is 1.19 bits per heavy atom. The standard InChI is InChI=1S/C19H19N3O5/c23-18(20-15-6-8-16(9-7-15)22(25)26)12-17-19(24)21(10-11-27-17)13-14-4-2-1-3-5-14/h1-9,17H,10-13H2,(H,20,23)/t17-/m1/s1. The number of nitrogens with one attached hydrogen (secondary N) is 1. The Labute approximate surface area is 155 Å². The van der Waals surface area contributed by atoms with E-state index in [4.69, 9.17) is 4.74 Å². The Hall–Kier alpha value is -3.26. The molecule has 1 saturated heterocycles. The van der Waals surface area contributed by atoms with Gasteiger partial charge in [0.2, 0.25) is 5.91 Å². The van der Waals surface area contributed by atoms with Crippen molar-refractivity contribution in [1.82, 2.24) is 4.90 Å². The van der Waals surface area contributed by atoms with E-state index in [9.17, 15) is 19.7 Å². The summed E-state index contributed by atoms with van der Waals surface area (Å²) in [5, 5.41) is 13.3. The predicted octanol–water partition coefficient (Wildman–Crippen LogP) is 2.35. The molecule has 0 unspecified atom stereocenters. The van der Waals surface area contributed by atoms with E-state index in [1.165, 1.54) is 24.3 Å². The molecule has 2 aromatic rings. The van der Waals surface area contributed by atoms with E-state index in [0.29, 0.717) is 25.4 Å².